The molecule has 7 nitrogen and oxygen atoms in total. The molecule has 0 unspecified atom stereocenters. The minimum Gasteiger partial charge on any atom is -0.480 e. The topological polar surface area (TPSA) is 104 Å². The van der Waals surface area contributed by atoms with Gasteiger partial charge in [-0.05, 0) is 19.3 Å². The fourth-order valence-electron chi connectivity index (χ4n) is 1.58. The van der Waals surface area contributed by atoms with Gasteiger partial charge in [0.15, 0.2) is 0 Å². The zero-order chi connectivity index (χ0) is 15.1. The summed E-state index contributed by atoms with van der Waals surface area (Å²) in [5.41, 5.74) is 1.41. The van der Waals surface area contributed by atoms with E-state index in [1.54, 1.807) is 12.4 Å². The summed E-state index contributed by atoms with van der Waals surface area (Å²) in [6.07, 6.45) is 3.55. The molecule has 0 saturated heterocycles. The van der Waals surface area contributed by atoms with Crippen LogP contribution in [0.4, 0.5) is 4.79 Å². The normalized spacial score (nSPS) is 12.0. The van der Waals surface area contributed by atoms with Crippen molar-refractivity contribution in [2.24, 2.45) is 5.92 Å². The average Bonchev–Trinajstić information content (AvgIpc) is 2.36. The lowest BCUT2D eigenvalue weighted by molar-refractivity contribution is -0.139. The van der Waals surface area contributed by atoms with Crippen LogP contribution in [-0.4, -0.2) is 33.1 Å². The van der Waals surface area contributed by atoms with E-state index >= 15 is 0 Å². The number of carboxylic acid groups (broad SMARTS) is 1. The van der Waals surface area contributed by atoms with Gasteiger partial charge in [-0.15, -0.1) is 0 Å². The fraction of sp³-hybridized carbons (Fsp3) is 0.538. The van der Waals surface area contributed by atoms with Crippen molar-refractivity contribution in [2.75, 3.05) is 0 Å². The minimum atomic E-state index is -1.04. The van der Waals surface area contributed by atoms with E-state index in [1.165, 1.54) is 0 Å². The van der Waals surface area contributed by atoms with Crippen LogP contribution in [0.2, 0.25) is 0 Å². The Morgan fingerprint density at radius 1 is 1.30 bits per heavy atom. The van der Waals surface area contributed by atoms with Gasteiger partial charge in [0.25, 0.3) is 0 Å². The Morgan fingerprint density at radius 2 is 2.00 bits per heavy atom. The predicted octanol–water partition coefficient (Wildman–Crippen LogP) is 1.08. The van der Waals surface area contributed by atoms with Gasteiger partial charge < -0.3 is 15.7 Å². The minimum absolute atomic E-state index is 0.180. The molecule has 1 atom stereocenters. The Balaban J connectivity index is 2.45. The quantitative estimate of drug-likeness (QED) is 0.723. The van der Waals surface area contributed by atoms with E-state index in [1.807, 2.05) is 20.8 Å². The van der Waals surface area contributed by atoms with Crippen LogP contribution >= 0.6 is 0 Å². The first-order valence-electron chi connectivity index (χ1n) is 6.43. The Bertz CT molecular complexity index is 459. The lowest BCUT2D eigenvalue weighted by atomic mass is 10.0. The molecule has 0 saturated carbocycles. The summed E-state index contributed by atoms with van der Waals surface area (Å²) in [6, 6.07) is -1.42. The summed E-state index contributed by atoms with van der Waals surface area (Å²) in [4.78, 5) is 30.8. The number of aryl methyl sites for hydroxylation is 1. The van der Waals surface area contributed by atoms with Crippen LogP contribution in [0.5, 0.6) is 0 Å². The molecule has 1 aromatic heterocycles. The molecule has 2 amide bonds. The number of nitrogens with zero attached hydrogens (tertiary/aromatic N) is 2. The third-order valence-electron chi connectivity index (χ3n) is 2.58. The standard InChI is InChI=1S/C13H20N4O3/c1-8(2)4-11(12(18)19)17-13(20)16-7-10-6-14-9(3)5-15-10/h5-6,8,11H,4,7H2,1-3H3,(H,18,19)(H2,16,17,20)/t11-/m1/s1. The van der Waals surface area contributed by atoms with E-state index in [0.29, 0.717) is 12.1 Å². The van der Waals surface area contributed by atoms with Crippen molar-refractivity contribution in [1.29, 1.82) is 0 Å². The molecule has 0 fully saturated rings. The number of hydrogen-bond acceptors (Lipinski definition) is 4. The maximum atomic E-state index is 11.6. The van der Waals surface area contributed by atoms with E-state index in [9.17, 15) is 9.59 Å². The van der Waals surface area contributed by atoms with Crippen molar-refractivity contribution < 1.29 is 14.7 Å². The number of amides is 2. The third kappa shape index (κ3) is 5.64. The van der Waals surface area contributed by atoms with Crippen molar-refractivity contribution in [3.63, 3.8) is 0 Å². The Kier molecular flexibility index (Phi) is 5.89. The summed E-state index contributed by atoms with van der Waals surface area (Å²) < 4.78 is 0. The van der Waals surface area contributed by atoms with Gasteiger partial charge in [0.1, 0.15) is 6.04 Å². The van der Waals surface area contributed by atoms with E-state index < -0.39 is 18.0 Å². The number of rotatable bonds is 6. The lowest BCUT2D eigenvalue weighted by Crippen LogP contribution is -2.46. The SMILES string of the molecule is Cc1cnc(CNC(=O)N[C@H](CC(C)C)C(=O)O)cn1. The average molecular weight is 280 g/mol. The van der Waals surface area contributed by atoms with Crippen LogP contribution in [0.25, 0.3) is 0 Å². The van der Waals surface area contributed by atoms with Crippen LogP contribution in [-0.2, 0) is 11.3 Å². The number of carbonyl (C=O) groups excluding carboxylic acids is 1. The summed E-state index contributed by atoms with van der Waals surface area (Å²) in [5.74, 6) is -0.858. The molecule has 0 aliphatic heterocycles. The van der Waals surface area contributed by atoms with Crippen molar-refractivity contribution in [2.45, 2.75) is 39.8 Å². The number of nitrogens with one attached hydrogen (secondary N) is 2. The zero-order valence-corrected chi connectivity index (χ0v) is 11.9. The van der Waals surface area contributed by atoms with E-state index in [-0.39, 0.29) is 12.5 Å². The highest BCUT2D eigenvalue weighted by molar-refractivity contribution is 5.82. The van der Waals surface area contributed by atoms with Crippen LogP contribution in [0.1, 0.15) is 31.7 Å². The summed E-state index contributed by atoms with van der Waals surface area (Å²) in [5, 5.41) is 14.0. The first kappa shape index (κ1) is 15.9. The number of carboxylic acids is 1. The van der Waals surface area contributed by atoms with Crippen LogP contribution in [0.3, 0.4) is 0 Å². The van der Waals surface area contributed by atoms with Crippen LogP contribution in [0.15, 0.2) is 12.4 Å². The monoisotopic (exact) mass is 280 g/mol. The fourth-order valence-corrected chi connectivity index (χ4v) is 1.58. The Hall–Kier alpha value is -2.18. The van der Waals surface area contributed by atoms with Gasteiger partial charge in [-0.2, -0.15) is 0 Å². The summed E-state index contributed by atoms with van der Waals surface area (Å²) >= 11 is 0. The second-order valence-electron chi connectivity index (χ2n) is 5.00. The Morgan fingerprint density at radius 3 is 2.50 bits per heavy atom. The molecule has 0 aromatic carbocycles. The first-order valence-corrected chi connectivity index (χ1v) is 6.43. The predicted molar refractivity (Wildman–Crippen MR) is 73.0 cm³/mol. The Labute approximate surface area is 117 Å². The maximum Gasteiger partial charge on any atom is 0.326 e. The zero-order valence-electron chi connectivity index (χ0n) is 11.9. The summed E-state index contributed by atoms with van der Waals surface area (Å²) in [7, 11) is 0. The largest absolute Gasteiger partial charge is 0.480 e. The van der Waals surface area contributed by atoms with E-state index in [4.69, 9.17) is 5.11 Å². The highest BCUT2D eigenvalue weighted by Gasteiger charge is 2.20. The van der Waals surface area contributed by atoms with Crippen molar-refractivity contribution in [1.82, 2.24) is 20.6 Å². The number of urea groups is 1. The van der Waals surface area contributed by atoms with Gasteiger partial charge in [-0.3, -0.25) is 9.97 Å². The number of aromatic nitrogens is 2. The second kappa shape index (κ2) is 7.42. The highest BCUT2D eigenvalue weighted by atomic mass is 16.4. The molecule has 110 valence electrons. The molecule has 7 heteroatoms. The second-order valence-corrected chi connectivity index (χ2v) is 5.00. The van der Waals surface area contributed by atoms with Crippen molar-refractivity contribution in [3.8, 4) is 0 Å². The van der Waals surface area contributed by atoms with Crippen LogP contribution < -0.4 is 10.6 Å². The molecule has 20 heavy (non-hydrogen) atoms. The number of hydrogen-bond donors (Lipinski definition) is 3. The summed E-state index contributed by atoms with van der Waals surface area (Å²) in [6.45, 7) is 5.82. The third-order valence-corrected chi connectivity index (χ3v) is 2.58. The molecule has 0 radical (unpaired) electrons. The molecule has 3 N–H and O–H groups in total. The van der Waals surface area contributed by atoms with Crippen molar-refractivity contribution >= 4 is 12.0 Å². The van der Waals surface area contributed by atoms with Gasteiger partial charge in [-0.25, -0.2) is 9.59 Å². The van der Waals surface area contributed by atoms with Gasteiger partial charge in [0.05, 0.1) is 24.1 Å². The van der Waals surface area contributed by atoms with Gasteiger partial charge >= 0.3 is 12.0 Å². The van der Waals surface area contributed by atoms with Gasteiger partial charge in [0.2, 0.25) is 0 Å². The maximum absolute atomic E-state index is 11.6. The molecular formula is C13H20N4O3. The molecule has 1 heterocycles. The van der Waals surface area contributed by atoms with Gasteiger partial charge in [-0.1, -0.05) is 13.8 Å². The molecule has 0 bridgehead atoms. The van der Waals surface area contributed by atoms with E-state index in [2.05, 4.69) is 20.6 Å². The number of carbonyl (C=O) groups is 2. The molecular weight excluding hydrogens is 260 g/mol. The highest BCUT2D eigenvalue weighted by Crippen LogP contribution is 2.04. The lowest BCUT2D eigenvalue weighted by Gasteiger charge is -2.16. The molecule has 0 aliphatic carbocycles. The number of aliphatic carboxylic acids is 1. The molecule has 1 rings (SSSR count). The van der Waals surface area contributed by atoms with Gasteiger partial charge in [0, 0.05) is 6.20 Å². The molecule has 0 spiro atoms. The molecule has 1 aromatic rings. The van der Waals surface area contributed by atoms with Crippen molar-refractivity contribution in [3.05, 3.63) is 23.8 Å². The first-order chi connectivity index (χ1) is 9.38. The van der Waals surface area contributed by atoms with Crippen LogP contribution in [0, 0.1) is 12.8 Å². The smallest absolute Gasteiger partial charge is 0.326 e. The molecule has 0 aliphatic rings. The van der Waals surface area contributed by atoms with E-state index in [0.717, 1.165) is 5.69 Å².